The third-order valence-electron chi connectivity index (χ3n) is 7.61. The van der Waals surface area contributed by atoms with E-state index < -0.39 is 0 Å². The molecular weight excluding hydrogens is 416 g/mol. The van der Waals surface area contributed by atoms with Crippen LogP contribution in [0.25, 0.3) is 22.4 Å². The Labute approximate surface area is 202 Å². The lowest BCUT2D eigenvalue weighted by molar-refractivity contribution is 0.200. The van der Waals surface area contributed by atoms with E-state index in [0.717, 1.165) is 35.5 Å². The number of nitrogens with zero attached hydrogens (tertiary/aromatic N) is 3. The van der Waals surface area contributed by atoms with Gasteiger partial charge in [0.1, 0.15) is 5.82 Å². The summed E-state index contributed by atoms with van der Waals surface area (Å²) < 4.78 is 0. The summed E-state index contributed by atoms with van der Waals surface area (Å²) in [6, 6.07) is 26.6. The van der Waals surface area contributed by atoms with Crippen LogP contribution in [0, 0.1) is 0 Å². The molecule has 2 fully saturated rings. The number of nitrogens with one attached hydrogen (secondary N) is 1. The maximum absolute atomic E-state index is 4.75. The van der Waals surface area contributed by atoms with E-state index in [2.05, 4.69) is 75.4 Å². The van der Waals surface area contributed by atoms with Crippen molar-refractivity contribution < 1.29 is 0 Å². The SMILES string of the molecule is c1ccc2[nH]c(-c3ccc(C4CCCN(Cc5ccc(N6CCCCC6)cc5)C4)cc3)nc2c1. The zero-order valence-electron chi connectivity index (χ0n) is 19.9. The van der Waals surface area contributed by atoms with Gasteiger partial charge in [0.2, 0.25) is 0 Å². The monoisotopic (exact) mass is 450 g/mol. The van der Waals surface area contributed by atoms with Crippen LogP contribution >= 0.6 is 0 Å². The standard InChI is InChI=1S/C30H34N4/c1-4-19-34(20-5-1)27-16-10-23(11-17-27)21-33-18-6-7-26(22-33)24-12-14-25(15-13-24)30-31-28-8-2-3-9-29(28)32-30/h2-3,8-17,26H,1,4-7,18-22H2,(H,31,32). The van der Waals surface area contributed by atoms with E-state index in [1.54, 1.807) is 0 Å². The van der Waals surface area contributed by atoms with Gasteiger partial charge in [-0.15, -0.1) is 0 Å². The van der Waals surface area contributed by atoms with E-state index in [-0.39, 0.29) is 0 Å². The van der Waals surface area contributed by atoms with Crippen molar-refractivity contribution in [2.45, 2.75) is 44.6 Å². The number of hydrogen-bond acceptors (Lipinski definition) is 3. The molecule has 3 heterocycles. The normalized spacial score (nSPS) is 19.5. The highest BCUT2D eigenvalue weighted by atomic mass is 15.1. The summed E-state index contributed by atoms with van der Waals surface area (Å²) >= 11 is 0. The Kier molecular flexibility index (Phi) is 6.07. The number of H-pyrrole nitrogens is 1. The lowest BCUT2D eigenvalue weighted by Crippen LogP contribution is -2.34. The van der Waals surface area contributed by atoms with Crippen molar-refractivity contribution in [2.75, 3.05) is 31.1 Å². The maximum atomic E-state index is 4.75. The molecule has 3 aromatic carbocycles. The van der Waals surface area contributed by atoms with Gasteiger partial charge in [-0.2, -0.15) is 0 Å². The molecule has 1 N–H and O–H groups in total. The van der Waals surface area contributed by atoms with Gasteiger partial charge in [-0.05, 0) is 80.0 Å². The molecule has 2 aliphatic heterocycles. The van der Waals surface area contributed by atoms with Gasteiger partial charge in [-0.1, -0.05) is 48.5 Å². The number of imidazole rings is 1. The molecular formula is C30H34N4. The third kappa shape index (κ3) is 4.60. The Bertz CT molecular complexity index is 1190. The lowest BCUT2D eigenvalue weighted by atomic mass is 9.90. The molecule has 1 atom stereocenters. The van der Waals surface area contributed by atoms with Crippen LogP contribution in [0.15, 0.2) is 72.8 Å². The highest BCUT2D eigenvalue weighted by Crippen LogP contribution is 2.30. The Balaban J connectivity index is 1.10. The van der Waals surface area contributed by atoms with E-state index >= 15 is 0 Å². The number of hydrogen-bond donors (Lipinski definition) is 1. The Morgan fingerprint density at radius 3 is 2.38 bits per heavy atom. The predicted molar refractivity (Wildman–Crippen MR) is 141 cm³/mol. The van der Waals surface area contributed by atoms with Gasteiger partial charge in [0.05, 0.1) is 11.0 Å². The number of likely N-dealkylation sites (tertiary alicyclic amines) is 1. The average Bonchev–Trinajstić information content (AvgIpc) is 3.34. The van der Waals surface area contributed by atoms with Crippen molar-refractivity contribution in [2.24, 2.45) is 0 Å². The van der Waals surface area contributed by atoms with Crippen LogP contribution in [0.5, 0.6) is 0 Å². The van der Waals surface area contributed by atoms with Crippen molar-refractivity contribution in [1.29, 1.82) is 0 Å². The number of rotatable bonds is 5. The summed E-state index contributed by atoms with van der Waals surface area (Å²) in [5, 5.41) is 0. The number of aromatic nitrogens is 2. The number of para-hydroxylation sites is 2. The van der Waals surface area contributed by atoms with Gasteiger partial charge in [0, 0.05) is 37.4 Å². The Morgan fingerprint density at radius 1 is 0.794 bits per heavy atom. The first kappa shape index (κ1) is 21.4. The lowest BCUT2D eigenvalue weighted by Gasteiger charge is -2.33. The zero-order chi connectivity index (χ0) is 22.7. The molecule has 0 amide bonds. The quantitative estimate of drug-likeness (QED) is 0.372. The Hall–Kier alpha value is -3.11. The molecule has 4 heteroatoms. The van der Waals surface area contributed by atoms with Gasteiger partial charge in [0.25, 0.3) is 0 Å². The minimum atomic E-state index is 0.603. The minimum Gasteiger partial charge on any atom is -0.372 e. The number of benzene rings is 3. The van der Waals surface area contributed by atoms with Crippen LogP contribution < -0.4 is 4.90 Å². The molecule has 4 nitrogen and oxygen atoms in total. The summed E-state index contributed by atoms with van der Waals surface area (Å²) in [4.78, 5) is 13.4. The number of anilines is 1. The van der Waals surface area contributed by atoms with E-state index in [9.17, 15) is 0 Å². The average molecular weight is 451 g/mol. The minimum absolute atomic E-state index is 0.603. The molecule has 0 spiro atoms. The van der Waals surface area contributed by atoms with Crippen LogP contribution in [-0.2, 0) is 6.54 Å². The molecule has 6 rings (SSSR count). The number of aromatic amines is 1. The smallest absolute Gasteiger partial charge is 0.138 e. The Morgan fingerprint density at radius 2 is 1.59 bits per heavy atom. The van der Waals surface area contributed by atoms with E-state index in [0.29, 0.717) is 5.92 Å². The van der Waals surface area contributed by atoms with Crippen LogP contribution in [0.3, 0.4) is 0 Å². The van der Waals surface area contributed by atoms with Crippen molar-refractivity contribution in [3.63, 3.8) is 0 Å². The van der Waals surface area contributed by atoms with Crippen molar-refractivity contribution >= 4 is 16.7 Å². The molecule has 0 radical (unpaired) electrons. The second kappa shape index (κ2) is 9.63. The number of piperidine rings is 2. The fourth-order valence-corrected chi connectivity index (χ4v) is 5.70. The van der Waals surface area contributed by atoms with Gasteiger partial charge >= 0.3 is 0 Å². The summed E-state index contributed by atoms with van der Waals surface area (Å²) in [7, 11) is 0. The van der Waals surface area contributed by atoms with Gasteiger partial charge in [-0.3, -0.25) is 4.90 Å². The molecule has 2 aliphatic rings. The first-order valence-electron chi connectivity index (χ1n) is 12.9. The van der Waals surface area contributed by atoms with Crippen LogP contribution in [0.2, 0.25) is 0 Å². The molecule has 34 heavy (non-hydrogen) atoms. The first-order valence-corrected chi connectivity index (χ1v) is 12.9. The first-order chi connectivity index (χ1) is 16.8. The fraction of sp³-hybridized carbons (Fsp3) is 0.367. The van der Waals surface area contributed by atoms with Gasteiger partial charge in [-0.25, -0.2) is 4.98 Å². The topological polar surface area (TPSA) is 35.2 Å². The molecule has 4 aromatic rings. The van der Waals surface area contributed by atoms with Crippen molar-refractivity contribution in [1.82, 2.24) is 14.9 Å². The molecule has 1 unspecified atom stereocenters. The van der Waals surface area contributed by atoms with Gasteiger partial charge < -0.3 is 9.88 Å². The zero-order valence-corrected chi connectivity index (χ0v) is 19.9. The van der Waals surface area contributed by atoms with E-state index in [4.69, 9.17) is 4.98 Å². The second-order valence-electron chi connectivity index (χ2n) is 10.0. The summed E-state index contributed by atoms with van der Waals surface area (Å²) in [5.74, 6) is 1.55. The second-order valence-corrected chi connectivity index (χ2v) is 10.0. The van der Waals surface area contributed by atoms with Crippen LogP contribution in [0.4, 0.5) is 5.69 Å². The fourth-order valence-electron chi connectivity index (χ4n) is 5.70. The van der Waals surface area contributed by atoms with E-state index in [1.165, 1.54) is 68.6 Å². The van der Waals surface area contributed by atoms with Crippen molar-refractivity contribution in [3.05, 3.63) is 83.9 Å². The maximum Gasteiger partial charge on any atom is 0.138 e. The van der Waals surface area contributed by atoms with Gasteiger partial charge in [0.15, 0.2) is 0 Å². The predicted octanol–water partition coefficient (Wildman–Crippen LogP) is 6.60. The third-order valence-corrected chi connectivity index (χ3v) is 7.61. The highest BCUT2D eigenvalue weighted by molar-refractivity contribution is 5.79. The van der Waals surface area contributed by atoms with Crippen molar-refractivity contribution in [3.8, 4) is 11.4 Å². The number of fused-ring (bicyclic) bond motifs is 1. The van der Waals surface area contributed by atoms with E-state index in [1.807, 2.05) is 12.1 Å². The molecule has 0 saturated carbocycles. The highest BCUT2D eigenvalue weighted by Gasteiger charge is 2.22. The van der Waals surface area contributed by atoms with Crippen LogP contribution in [-0.4, -0.2) is 41.0 Å². The molecule has 0 bridgehead atoms. The largest absolute Gasteiger partial charge is 0.372 e. The summed E-state index contributed by atoms with van der Waals surface area (Å²) in [6.45, 7) is 5.80. The molecule has 1 aromatic heterocycles. The molecule has 2 saturated heterocycles. The molecule has 0 aliphatic carbocycles. The summed E-state index contributed by atoms with van der Waals surface area (Å²) in [5.41, 5.74) is 7.54. The molecule has 174 valence electrons. The summed E-state index contributed by atoms with van der Waals surface area (Å²) in [6.07, 6.45) is 6.58. The van der Waals surface area contributed by atoms with Crippen LogP contribution in [0.1, 0.15) is 49.1 Å².